The summed E-state index contributed by atoms with van der Waals surface area (Å²) in [5.41, 5.74) is 0. The van der Waals surface area contributed by atoms with E-state index in [1.165, 1.54) is 0 Å². The minimum absolute atomic E-state index is 0.146. The van der Waals surface area contributed by atoms with Crippen molar-refractivity contribution in [3.63, 3.8) is 0 Å². The van der Waals surface area contributed by atoms with E-state index < -0.39 is 11.6 Å². The predicted molar refractivity (Wildman–Crippen MR) is 48.2 cm³/mol. The normalized spacial score (nSPS) is 10.4. The molecular weight excluding hydrogens is 225 g/mol. The first-order valence-corrected chi connectivity index (χ1v) is 4.93. The molecule has 0 fully saturated rings. The van der Waals surface area contributed by atoms with Gasteiger partial charge in [0.15, 0.2) is 11.6 Å². The summed E-state index contributed by atoms with van der Waals surface area (Å²) in [6, 6.07) is 1.05. The van der Waals surface area contributed by atoms with Crippen LogP contribution in [0.1, 0.15) is 0 Å². The number of benzene rings is 1. The molecule has 1 rings (SSSR count). The molecule has 1 aromatic rings. The number of rotatable bonds is 1. The van der Waals surface area contributed by atoms with Crippen molar-refractivity contribution in [1.82, 2.24) is 0 Å². The van der Waals surface area contributed by atoms with Crippen LogP contribution in [0, 0.1) is 11.6 Å². The predicted octanol–water partition coefficient (Wildman–Crippen LogP) is 3.99. The van der Waals surface area contributed by atoms with Crippen LogP contribution < -0.4 is 0 Å². The first-order valence-electron chi connectivity index (χ1n) is 2.95. The zero-order valence-electron chi connectivity index (χ0n) is 6.00. The van der Waals surface area contributed by atoms with Gasteiger partial charge in [0.2, 0.25) is 0 Å². The smallest absolute Gasteiger partial charge is 0.158 e. The highest BCUT2D eigenvalue weighted by Gasteiger charge is 2.15. The first kappa shape index (κ1) is 10.1. The number of halogens is 4. The quantitative estimate of drug-likeness (QED) is 0.518. The molecule has 0 saturated heterocycles. The molecule has 1 aromatic carbocycles. The fourth-order valence-electron chi connectivity index (χ4n) is 0.730. The molecular formula is C7H4Cl2F2S. The van der Waals surface area contributed by atoms with Crippen LogP contribution in [0.25, 0.3) is 0 Å². The summed E-state index contributed by atoms with van der Waals surface area (Å²) >= 11 is 11.8. The molecule has 0 unspecified atom stereocenters. The molecule has 5 heteroatoms. The summed E-state index contributed by atoms with van der Waals surface area (Å²) in [6.45, 7) is 0. The maximum absolute atomic E-state index is 13.0. The SMILES string of the molecule is CSc1c(F)c(Cl)cc(Cl)c1F. The van der Waals surface area contributed by atoms with E-state index in [1.54, 1.807) is 6.26 Å². The Morgan fingerprint density at radius 1 is 1.17 bits per heavy atom. The Morgan fingerprint density at radius 2 is 1.58 bits per heavy atom. The third-order valence-electron chi connectivity index (χ3n) is 1.28. The van der Waals surface area contributed by atoms with Crippen LogP contribution in [0.3, 0.4) is 0 Å². The minimum atomic E-state index is -0.758. The molecule has 0 radical (unpaired) electrons. The molecule has 0 nitrogen and oxygen atoms in total. The Morgan fingerprint density at radius 3 is 1.92 bits per heavy atom. The van der Waals surface area contributed by atoms with Crippen LogP contribution in [-0.4, -0.2) is 6.26 Å². The summed E-state index contributed by atoms with van der Waals surface area (Å²) in [4.78, 5) is -0.146. The summed E-state index contributed by atoms with van der Waals surface area (Å²) in [5.74, 6) is -1.52. The zero-order valence-corrected chi connectivity index (χ0v) is 8.33. The van der Waals surface area contributed by atoms with Crippen molar-refractivity contribution in [3.8, 4) is 0 Å². The lowest BCUT2D eigenvalue weighted by atomic mass is 10.3. The fraction of sp³-hybridized carbons (Fsp3) is 0.143. The van der Waals surface area contributed by atoms with Crippen LogP contribution in [0.4, 0.5) is 8.78 Å². The molecule has 0 N–H and O–H groups in total. The average molecular weight is 229 g/mol. The van der Waals surface area contributed by atoms with E-state index >= 15 is 0 Å². The van der Waals surface area contributed by atoms with Crippen LogP contribution >= 0.6 is 35.0 Å². The van der Waals surface area contributed by atoms with E-state index in [0.29, 0.717) is 0 Å². The van der Waals surface area contributed by atoms with E-state index in [4.69, 9.17) is 23.2 Å². The van der Waals surface area contributed by atoms with Gasteiger partial charge >= 0.3 is 0 Å². The average Bonchev–Trinajstić information content (AvgIpc) is 2.02. The fourth-order valence-corrected chi connectivity index (χ4v) is 1.88. The van der Waals surface area contributed by atoms with Crippen molar-refractivity contribution < 1.29 is 8.78 Å². The molecule has 0 aliphatic rings. The van der Waals surface area contributed by atoms with Crippen LogP contribution in [0.2, 0.25) is 10.0 Å². The van der Waals surface area contributed by atoms with E-state index in [1.807, 2.05) is 0 Å². The maximum atomic E-state index is 13.0. The van der Waals surface area contributed by atoms with Gasteiger partial charge in [-0.15, -0.1) is 11.8 Å². The molecule has 66 valence electrons. The van der Waals surface area contributed by atoms with Gasteiger partial charge in [0, 0.05) is 0 Å². The van der Waals surface area contributed by atoms with Gasteiger partial charge in [-0.1, -0.05) is 23.2 Å². The summed E-state index contributed by atoms with van der Waals surface area (Å²) in [7, 11) is 0. The highest BCUT2D eigenvalue weighted by Crippen LogP contribution is 2.32. The van der Waals surface area contributed by atoms with Crippen LogP contribution in [0.5, 0.6) is 0 Å². The molecule has 0 saturated carbocycles. The summed E-state index contributed by atoms with van der Waals surface area (Å²) in [6.07, 6.45) is 1.55. The Labute approximate surface area is 82.9 Å². The van der Waals surface area contributed by atoms with Gasteiger partial charge in [-0.3, -0.25) is 0 Å². The second-order valence-corrected chi connectivity index (χ2v) is 3.63. The first-order chi connectivity index (χ1) is 5.57. The molecule has 12 heavy (non-hydrogen) atoms. The Bertz CT molecular complexity index is 289. The third kappa shape index (κ3) is 1.68. The van der Waals surface area contributed by atoms with Gasteiger partial charge in [-0.2, -0.15) is 0 Å². The third-order valence-corrected chi connectivity index (χ3v) is 2.59. The molecule has 0 aliphatic heterocycles. The molecule has 0 aromatic heterocycles. The lowest BCUT2D eigenvalue weighted by Gasteiger charge is -2.04. The standard InChI is InChI=1S/C7H4Cl2F2S/c1-12-7-5(10)3(8)2-4(9)6(7)11/h2H,1H3. The van der Waals surface area contributed by atoms with Gasteiger partial charge < -0.3 is 0 Å². The monoisotopic (exact) mass is 228 g/mol. The van der Waals surface area contributed by atoms with Crippen molar-refractivity contribution in [2.75, 3.05) is 6.26 Å². The number of thioether (sulfide) groups is 1. The molecule has 0 amide bonds. The van der Waals surface area contributed by atoms with Crippen molar-refractivity contribution in [2.24, 2.45) is 0 Å². The topological polar surface area (TPSA) is 0 Å². The van der Waals surface area contributed by atoms with Gasteiger partial charge in [0.05, 0.1) is 14.9 Å². The van der Waals surface area contributed by atoms with Crippen molar-refractivity contribution >= 4 is 35.0 Å². The van der Waals surface area contributed by atoms with E-state index in [-0.39, 0.29) is 14.9 Å². The minimum Gasteiger partial charge on any atom is -0.204 e. The van der Waals surface area contributed by atoms with Gasteiger partial charge in [-0.05, 0) is 12.3 Å². The number of hydrogen-bond acceptors (Lipinski definition) is 1. The van der Waals surface area contributed by atoms with E-state index in [9.17, 15) is 8.78 Å². The Hall–Kier alpha value is 0.01000. The lowest BCUT2D eigenvalue weighted by Crippen LogP contribution is -1.89. The second kappa shape index (κ2) is 3.81. The highest BCUT2D eigenvalue weighted by atomic mass is 35.5. The Balaban J connectivity index is 3.42. The van der Waals surface area contributed by atoms with E-state index in [2.05, 4.69) is 0 Å². The molecule has 0 spiro atoms. The molecule has 0 heterocycles. The van der Waals surface area contributed by atoms with Crippen molar-refractivity contribution in [1.29, 1.82) is 0 Å². The highest BCUT2D eigenvalue weighted by molar-refractivity contribution is 7.98. The second-order valence-electron chi connectivity index (χ2n) is 2.00. The molecule has 0 atom stereocenters. The summed E-state index contributed by atoms with van der Waals surface area (Å²) < 4.78 is 26.0. The van der Waals surface area contributed by atoms with E-state index in [0.717, 1.165) is 17.8 Å². The van der Waals surface area contributed by atoms with Gasteiger partial charge in [0.25, 0.3) is 0 Å². The Kier molecular flexibility index (Phi) is 3.21. The molecule has 0 bridgehead atoms. The van der Waals surface area contributed by atoms with Crippen LogP contribution in [0.15, 0.2) is 11.0 Å². The van der Waals surface area contributed by atoms with Crippen molar-refractivity contribution in [3.05, 3.63) is 27.7 Å². The van der Waals surface area contributed by atoms with Crippen molar-refractivity contribution in [2.45, 2.75) is 4.90 Å². The largest absolute Gasteiger partial charge is 0.204 e. The van der Waals surface area contributed by atoms with Gasteiger partial charge in [0.1, 0.15) is 0 Å². The van der Waals surface area contributed by atoms with Gasteiger partial charge in [-0.25, -0.2) is 8.78 Å². The molecule has 0 aliphatic carbocycles. The maximum Gasteiger partial charge on any atom is 0.158 e. The lowest BCUT2D eigenvalue weighted by molar-refractivity contribution is 0.541. The zero-order chi connectivity index (χ0) is 9.30. The van der Waals surface area contributed by atoms with Crippen LogP contribution in [-0.2, 0) is 0 Å². The summed E-state index contributed by atoms with van der Waals surface area (Å²) in [5, 5.41) is -0.323. The number of hydrogen-bond donors (Lipinski definition) is 0.